The lowest BCUT2D eigenvalue weighted by atomic mass is 9.84. The zero-order chi connectivity index (χ0) is 19.2. The van der Waals surface area contributed by atoms with E-state index >= 15 is 0 Å². The summed E-state index contributed by atoms with van der Waals surface area (Å²) in [5, 5.41) is 3.51. The number of methoxy groups -OCH3 is 1. The van der Waals surface area contributed by atoms with E-state index < -0.39 is 0 Å². The molecule has 26 heavy (non-hydrogen) atoms. The molecule has 2 rings (SSSR count). The SMILES string of the molecule is CN=C(NCC(C)(C)c1cccc(OC)c1)N1CCCC(CC(N)=O)C1. The maximum Gasteiger partial charge on any atom is 0.217 e. The van der Waals surface area contributed by atoms with Crippen molar-refractivity contribution in [3.8, 4) is 5.75 Å². The third kappa shape index (κ3) is 5.38. The predicted octanol–water partition coefficient (Wildman–Crippen LogP) is 2.14. The van der Waals surface area contributed by atoms with Crippen molar-refractivity contribution in [2.24, 2.45) is 16.6 Å². The Labute approximate surface area is 156 Å². The molecule has 144 valence electrons. The van der Waals surface area contributed by atoms with Gasteiger partial charge in [0.15, 0.2) is 5.96 Å². The molecule has 0 aromatic heterocycles. The number of piperidine rings is 1. The standard InChI is InChI=1S/C20H32N4O2/c1-20(2,16-8-5-9-17(12-16)26-4)14-23-19(22-3)24-10-6-7-15(13-24)11-18(21)25/h5,8-9,12,15H,6-7,10-11,13-14H2,1-4H3,(H2,21,25)(H,22,23). The molecule has 3 N–H and O–H groups in total. The number of rotatable bonds is 6. The van der Waals surface area contributed by atoms with Crippen molar-refractivity contribution in [1.82, 2.24) is 10.2 Å². The van der Waals surface area contributed by atoms with Crippen LogP contribution in [0, 0.1) is 5.92 Å². The van der Waals surface area contributed by atoms with Gasteiger partial charge in [0.25, 0.3) is 0 Å². The van der Waals surface area contributed by atoms with Crippen LogP contribution in [-0.4, -0.2) is 50.6 Å². The lowest BCUT2D eigenvalue weighted by Crippen LogP contribution is -2.49. The molecule has 1 aromatic carbocycles. The Hall–Kier alpha value is -2.24. The summed E-state index contributed by atoms with van der Waals surface area (Å²) in [7, 11) is 3.49. The van der Waals surface area contributed by atoms with Gasteiger partial charge in [0.05, 0.1) is 7.11 Å². The number of carbonyl (C=O) groups excluding carboxylic acids is 1. The fourth-order valence-electron chi connectivity index (χ4n) is 3.49. The van der Waals surface area contributed by atoms with Crippen molar-refractivity contribution in [3.63, 3.8) is 0 Å². The van der Waals surface area contributed by atoms with Crippen molar-refractivity contribution in [2.75, 3.05) is 33.8 Å². The molecule has 6 nitrogen and oxygen atoms in total. The molecular weight excluding hydrogens is 328 g/mol. The summed E-state index contributed by atoms with van der Waals surface area (Å²) >= 11 is 0. The van der Waals surface area contributed by atoms with E-state index in [-0.39, 0.29) is 11.3 Å². The second-order valence-corrected chi connectivity index (χ2v) is 7.64. The van der Waals surface area contributed by atoms with Crippen LogP contribution < -0.4 is 15.8 Å². The number of nitrogens with two attached hydrogens (primary N) is 1. The fraction of sp³-hybridized carbons (Fsp3) is 0.600. The zero-order valence-electron chi connectivity index (χ0n) is 16.4. The monoisotopic (exact) mass is 360 g/mol. The summed E-state index contributed by atoms with van der Waals surface area (Å²) in [4.78, 5) is 17.9. The van der Waals surface area contributed by atoms with Gasteiger partial charge in [-0.3, -0.25) is 9.79 Å². The van der Waals surface area contributed by atoms with E-state index in [4.69, 9.17) is 10.5 Å². The number of aliphatic imine (C=N–C) groups is 1. The molecule has 1 aliphatic heterocycles. The number of primary amides is 1. The van der Waals surface area contributed by atoms with Gasteiger partial charge in [-0.1, -0.05) is 26.0 Å². The third-order valence-corrected chi connectivity index (χ3v) is 5.06. The second-order valence-electron chi connectivity index (χ2n) is 7.64. The Morgan fingerprint density at radius 3 is 2.88 bits per heavy atom. The smallest absolute Gasteiger partial charge is 0.217 e. The quantitative estimate of drug-likeness (QED) is 0.602. The molecule has 0 bridgehead atoms. The number of carbonyl (C=O) groups is 1. The fourth-order valence-corrected chi connectivity index (χ4v) is 3.49. The van der Waals surface area contributed by atoms with Crippen molar-refractivity contribution in [2.45, 2.75) is 38.5 Å². The molecular formula is C20H32N4O2. The van der Waals surface area contributed by atoms with Crippen LogP contribution in [0.15, 0.2) is 29.3 Å². The Bertz CT molecular complexity index is 642. The maximum atomic E-state index is 11.2. The van der Waals surface area contributed by atoms with E-state index in [1.807, 2.05) is 12.1 Å². The van der Waals surface area contributed by atoms with Crippen molar-refractivity contribution < 1.29 is 9.53 Å². The van der Waals surface area contributed by atoms with Crippen molar-refractivity contribution >= 4 is 11.9 Å². The van der Waals surface area contributed by atoms with Crippen LogP contribution in [0.1, 0.15) is 38.7 Å². The lowest BCUT2D eigenvalue weighted by Gasteiger charge is -2.36. The van der Waals surface area contributed by atoms with E-state index in [1.165, 1.54) is 5.56 Å². The van der Waals surface area contributed by atoms with Gasteiger partial charge >= 0.3 is 0 Å². The molecule has 1 atom stereocenters. The number of amides is 1. The average molecular weight is 361 g/mol. The number of nitrogens with one attached hydrogen (secondary N) is 1. The molecule has 0 radical (unpaired) electrons. The highest BCUT2D eigenvalue weighted by molar-refractivity contribution is 5.80. The van der Waals surface area contributed by atoms with Gasteiger partial charge in [-0.05, 0) is 36.5 Å². The van der Waals surface area contributed by atoms with Crippen molar-refractivity contribution in [1.29, 1.82) is 0 Å². The Morgan fingerprint density at radius 1 is 1.46 bits per heavy atom. The first kappa shape index (κ1) is 20.1. The number of hydrogen-bond acceptors (Lipinski definition) is 3. The van der Waals surface area contributed by atoms with E-state index in [0.717, 1.165) is 44.2 Å². The van der Waals surface area contributed by atoms with Crippen LogP contribution in [0.4, 0.5) is 0 Å². The van der Waals surface area contributed by atoms with E-state index in [0.29, 0.717) is 12.3 Å². The van der Waals surface area contributed by atoms with E-state index in [9.17, 15) is 4.79 Å². The first-order valence-corrected chi connectivity index (χ1v) is 9.24. The molecule has 1 heterocycles. The first-order valence-electron chi connectivity index (χ1n) is 9.24. The lowest BCUT2D eigenvalue weighted by molar-refractivity contribution is -0.119. The maximum absolute atomic E-state index is 11.2. The van der Waals surface area contributed by atoms with Crippen LogP contribution >= 0.6 is 0 Å². The molecule has 1 saturated heterocycles. The molecule has 1 aromatic rings. The number of hydrogen-bond donors (Lipinski definition) is 2. The molecule has 1 unspecified atom stereocenters. The molecule has 0 saturated carbocycles. The molecule has 6 heteroatoms. The van der Waals surface area contributed by atoms with Gasteiger partial charge in [0, 0.05) is 38.5 Å². The van der Waals surface area contributed by atoms with Gasteiger partial charge < -0.3 is 20.7 Å². The van der Waals surface area contributed by atoms with Crippen LogP contribution in [0.3, 0.4) is 0 Å². The molecule has 0 spiro atoms. The predicted molar refractivity (Wildman–Crippen MR) is 105 cm³/mol. The number of guanidine groups is 1. The molecule has 1 amide bonds. The summed E-state index contributed by atoms with van der Waals surface area (Å²) in [5.74, 6) is 1.84. The highest BCUT2D eigenvalue weighted by Crippen LogP contribution is 2.26. The summed E-state index contributed by atoms with van der Waals surface area (Å²) < 4.78 is 5.35. The average Bonchev–Trinajstić information content (AvgIpc) is 2.62. The van der Waals surface area contributed by atoms with Crippen LogP contribution in [0.5, 0.6) is 5.75 Å². The number of benzene rings is 1. The summed E-state index contributed by atoms with van der Waals surface area (Å²) in [6.07, 6.45) is 2.55. The minimum atomic E-state index is -0.223. The second kappa shape index (κ2) is 8.92. The van der Waals surface area contributed by atoms with Crippen LogP contribution in [-0.2, 0) is 10.2 Å². The zero-order valence-corrected chi connectivity index (χ0v) is 16.4. The van der Waals surface area contributed by atoms with Crippen LogP contribution in [0.25, 0.3) is 0 Å². The van der Waals surface area contributed by atoms with Gasteiger partial charge in [0.2, 0.25) is 5.91 Å². The number of likely N-dealkylation sites (tertiary alicyclic amines) is 1. The third-order valence-electron chi connectivity index (χ3n) is 5.06. The van der Waals surface area contributed by atoms with Crippen LogP contribution in [0.2, 0.25) is 0 Å². The number of nitrogens with zero attached hydrogens (tertiary/aromatic N) is 2. The normalized spacial score (nSPS) is 18.5. The minimum absolute atomic E-state index is 0.0765. The summed E-state index contributed by atoms with van der Waals surface area (Å²) in [6.45, 7) is 6.93. The highest BCUT2D eigenvalue weighted by atomic mass is 16.5. The Balaban J connectivity index is 2.00. The summed E-state index contributed by atoms with van der Waals surface area (Å²) in [6, 6.07) is 8.17. The molecule has 0 aliphatic carbocycles. The Kier molecular flexibility index (Phi) is 6.89. The van der Waals surface area contributed by atoms with Gasteiger partial charge in [-0.25, -0.2) is 0 Å². The molecule has 1 fully saturated rings. The van der Waals surface area contributed by atoms with Gasteiger partial charge in [0.1, 0.15) is 5.75 Å². The minimum Gasteiger partial charge on any atom is -0.497 e. The summed E-state index contributed by atoms with van der Waals surface area (Å²) in [5.41, 5.74) is 6.50. The van der Waals surface area contributed by atoms with E-state index in [2.05, 4.69) is 41.2 Å². The Morgan fingerprint density at radius 2 is 2.23 bits per heavy atom. The first-order chi connectivity index (χ1) is 12.4. The van der Waals surface area contributed by atoms with Crippen molar-refractivity contribution in [3.05, 3.63) is 29.8 Å². The number of ether oxygens (including phenoxy) is 1. The van der Waals surface area contributed by atoms with Gasteiger partial charge in [-0.2, -0.15) is 0 Å². The largest absolute Gasteiger partial charge is 0.497 e. The van der Waals surface area contributed by atoms with E-state index in [1.54, 1.807) is 14.2 Å². The molecule has 1 aliphatic rings. The van der Waals surface area contributed by atoms with Gasteiger partial charge in [-0.15, -0.1) is 0 Å². The topological polar surface area (TPSA) is 80.0 Å². The highest BCUT2D eigenvalue weighted by Gasteiger charge is 2.26.